The van der Waals surface area contributed by atoms with Crippen LogP contribution in [0.2, 0.25) is 0 Å². The number of nitrogens with zero attached hydrogens (tertiary/aromatic N) is 2. The van der Waals surface area contributed by atoms with E-state index in [1.165, 1.54) is 6.92 Å². The van der Waals surface area contributed by atoms with Crippen molar-refractivity contribution in [3.05, 3.63) is 35.2 Å². The average molecular weight is 179 g/mol. The van der Waals surface area contributed by atoms with E-state index in [0.717, 1.165) is 5.12 Å². The van der Waals surface area contributed by atoms with Gasteiger partial charge in [-0.1, -0.05) is 18.2 Å². The molecule has 0 radical (unpaired) electrons. The molecule has 1 aromatic rings. The molecule has 13 heavy (non-hydrogen) atoms. The van der Waals surface area contributed by atoms with Crippen molar-refractivity contribution < 1.29 is 4.79 Å². The van der Waals surface area contributed by atoms with Gasteiger partial charge in [-0.25, -0.2) is 5.43 Å². The Morgan fingerprint density at radius 1 is 1.38 bits per heavy atom. The summed E-state index contributed by atoms with van der Waals surface area (Å²) in [5.41, 5.74) is 2.78. The fraction of sp³-hybridized carbons (Fsp3) is 0.125. The largest absolute Gasteiger partial charge is 0.274 e. The summed E-state index contributed by atoms with van der Waals surface area (Å²) in [5, 5.41) is 3.53. The Kier molecular flexibility index (Phi) is 2.97. The molecule has 5 heteroatoms. The molecule has 0 spiro atoms. The maximum absolute atomic E-state index is 10.6. The van der Waals surface area contributed by atoms with E-state index >= 15 is 0 Å². The number of amides is 1. The quantitative estimate of drug-likeness (QED) is 0.560. The van der Waals surface area contributed by atoms with E-state index in [9.17, 15) is 9.70 Å². The number of nitrogens with one attached hydrogen (secondary N) is 1. The summed E-state index contributed by atoms with van der Waals surface area (Å²) in [6, 6.07) is 8.62. The summed E-state index contributed by atoms with van der Waals surface area (Å²) < 4.78 is 0. The van der Waals surface area contributed by atoms with Crippen LogP contribution in [0.4, 0.5) is 5.69 Å². The summed E-state index contributed by atoms with van der Waals surface area (Å²) in [6.45, 7) is 1.31. The first kappa shape index (κ1) is 9.18. The number of hydrazine groups is 1. The highest BCUT2D eigenvalue weighted by atomic mass is 16.3. The van der Waals surface area contributed by atoms with Crippen LogP contribution in [0.15, 0.2) is 35.6 Å². The summed E-state index contributed by atoms with van der Waals surface area (Å²) in [6.07, 6.45) is 0. The summed E-state index contributed by atoms with van der Waals surface area (Å²) in [4.78, 5) is 20.9. The zero-order chi connectivity index (χ0) is 9.68. The topological polar surface area (TPSA) is 61.8 Å². The number of nitroso groups, excluding NO2 is 1. The van der Waals surface area contributed by atoms with Crippen LogP contribution in [0, 0.1) is 4.91 Å². The number of carbonyl (C=O) groups is 1. The second kappa shape index (κ2) is 4.20. The minimum Gasteiger partial charge on any atom is -0.274 e. The van der Waals surface area contributed by atoms with Crippen molar-refractivity contribution in [3.8, 4) is 0 Å². The molecule has 0 unspecified atom stereocenters. The molecule has 0 fully saturated rings. The molecule has 0 saturated heterocycles. The van der Waals surface area contributed by atoms with Gasteiger partial charge in [0.25, 0.3) is 0 Å². The Morgan fingerprint density at radius 3 is 2.46 bits per heavy atom. The van der Waals surface area contributed by atoms with Gasteiger partial charge in [0, 0.05) is 6.92 Å². The van der Waals surface area contributed by atoms with Gasteiger partial charge in [0.2, 0.25) is 5.91 Å². The fourth-order valence-corrected chi connectivity index (χ4v) is 0.850. The number of rotatable bonds is 3. The Morgan fingerprint density at radius 2 is 2.00 bits per heavy atom. The van der Waals surface area contributed by atoms with Gasteiger partial charge >= 0.3 is 0 Å². The second-order valence-corrected chi connectivity index (χ2v) is 2.40. The molecule has 1 aromatic carbocycles. The first-order valence-electron chi connectivity index (χ1n) is 3.69. The number of para-hydroxylation sites is 1. The van der Waals surface area contributed by atoms with Crippen LogP contribution in [-0.2, 0) is 4.79 Å². The van der Waals surface area contributed by atoms with Crippen molar-refractivity contribution in [1.29, 1.82) is 0 Å². The van der Waals surface area contributed by atoms with Gasteiger partial charge in [0.15, 0.2) is 0 Å². The average Bonchev–Trinajstić information content (AvgIpc) is 2.15. The molecule has 0 aliphatic heterocycles. The van der Waals surface area contributed by atoms with Gasteiger partial charge in [-0.3, -0.25) is 4.79 Å². The van der Waals surface area contributed by atoms with Crippen molar-refractivity contribution in [1.82, 2.24) is 5.43 Å². The van der Waals surface area contributed by atoms with Crippen LogP contribution in [0.1, 0.15) is 6.92 Å². The first-order valence-corrected chi connectivity index (χ1v) is 3.69. The number of hydrogen-bond acceptors (Lipinski definition) is 3. The lowest BCUT2D eigenvalue weighted by atomic mass is 10.3. The Balaban J connectivity index is 2.78. The molecule has 1 rings (SSSR count). The molecular weight excluding hydrogens is 170 g/mol. The monoisotopic (exact) mass is 179 g/mol. The summed E-state index contributed by atoms with van der Waals surface area (Å²) in [5.74, 6) is -0.344. The van der Waals surface area contributed by atoms with E-state index in [4.69, 9.17) is 0 Å². The lowest BCUT2D eigenvalue weighted by molar-refractivity contribution is -0.119. The normalized spacial score (nSPS) is 9.00. The van der Waals surface area contributed by atoms with E-state index in [2.05, 4.69) is 10.7 Å². The minimum atomic E-state index is -0.344. The molecule has 0 atom stereocenters. The molecule has 0 bridgehead atoms. The van der Waals surface area contributed by atoms with Crippen molar-refractivity contribution >= 4 is 11.6 Å². The fourth-order valence-electron chi connectivity index (χ4n) is 0.850. The third kappa shape index (κ3) is 2.55. The van der Waals surface area contributed by atoms with Crippen molar-refractivity contribution in [3.63, 3.8) is 0 Å². The highest BCUT2D eigenvalue weighted by Gasteiger charge is 2.05. The molecule has 1 amide bonds. The number of anilines is 1. The standard InChI is InChI=1S/C8H9N3O2/c1-7(12)9-11(10-13)8-5-3-2-4-6-8/h2-6H,1H3,(H,9,12). The van der Waals surface area contributed by atoms with Crippen LogP contribution in [0.3, 0.4) is 0 Å². The molecule has 0 aliphatic rings. The van der Waals surface area contributed by atoms with Gasteiger partial charge < -0.3 is 0 Å². The summed E-state index contributed by atoms with van der Waals surface area (Å²) >= 11 is 0. The molecule has 5 nitrogen and oxygen atoms in total. The Hall–Kier alpha value is -1.91. The van der Waals surface area contributed by atoms with Crippen molar-refractivity contribution in [2.45, 2.75) is 6.92 Å². The number of carbonyl (C=O) groups excluding carboxylic acids is 1. The van der Waals surface area contributed by atoms with Gasteiger partial charge in [0.1, 0.15) is 0 Å². The van der Waals surface area contributed by atoms with Gasteiger partial charge in [-0.05, 0) is 12.1 Å². The van der Waals surface area contributed by atoms with Gasteiger partial charge in [0.05, 0.1) is 11.0 Å². The van der Waals surface area contributed by atoms with Crippen LogP contribution in [0.5, 0.6) is 0 Å². The predicted octanol–water partition coefficient (Wildman–Crippen LogP) is 1.23. The lowest BCUT2D eigenvalue weighted by Gasteiger charge is -2.13. The maximum Gasteiger partial charge on any atom is 0.237 e. The third-order valence-electron chi connectivity index (χ3n) is 1.35. The van der Waals surface area contributed by atoms with E-state index in [1.54, 1.807) is 30.3 Å². The molecule has 0 saturated carbocycles. The minimum absolute atomic E-state index is 0.344. The van der Waals surface area contributed by atoms with E-state index < -0.39 is 0 Å². The number of benzene rings is 1. The van der Waals surface area contributed by atoms with Crippen LogP contribution in [0.25, 0.3) is 0 Å². The molecular formula is C8H9N3O2. The van der Waals surface area contributed by atoms with Crippen LogP contribution in [-0.4, -0.2) is 5.91 Å². The first-order chi connectivity index (χ1) is 6.24. The van der Waals surface area contributed by atoms with Gasteiger partial charge in [-0.15, -0.1) is 10.0 Å². The van der Waals surface area contributed by atoms with E-state index in [-0.39, 0.29) is 5.91 Å². The Labute approximate surface area is 75.3 Å². The Bertz CT molecular complexity index is 300. The molecule has 68 valence electrons. The third-order valence-corrected chi connectivity index (χ3v) is 1.35. The van der Waals surface area contributed by atoms with Gasteiger partial charge in [-0.2, -0.15) is 0 Å². The summed E-state index contributed by atoms with van der Waals surface area (Å²) in [7, 11) is 0. The number of hydrogen-bond donors (Lipinski definition) is 1. The zero-order valence-corrected chi connectivity index (χ0v) is 7.10. The maximum atomic E-state index is 10.6. The van der Waals surface area contributed by atoms with Crippen LogP contribution < -0.4 is 10.5 Å². The van der Waals surface area contributed by atoms with Crippen molar-refractivity contribution in [2.24, 2.45) is 5.29 Å². The van der Waals surface area contributed by atoms with E-state index in [0.29, 0.717) is 5.69 Å². The lowest BCUT2D eigenvalue weighted by Crippen LogP contribution is -2.36. The van der Waals surface area contributed by atoms with E-state index in [1.807, 2.05) is 0 Å². The second-order valence-electron chi connectivity index (χ2n) is 2.40. The highest BCUT2D eigenvalue weighted by molar-refractivity contribution is 5.74. The SMILES string of the molecule is CC(=O)NN(N=O)c1ccccc1. The highest BCUT2D eigenvalue weighted by Crippen LogP contribution is 2.10. The molecule has 0 aromatic heterocycles. The van der Waals surface area contributed by atoms with Crippen molar-refractivity contribution in [2.75, 3.05) is 5.12 Å². The van der Waals surface area contributed by atoms with Crippen LogP contribution >= 0.6 is 0 Å². The molecule has 0 heterocycles. The molecule has 0 aliphatic carbocycles. The predicted molar refractivity (Wildman–Crippen MR) is 48.5 cm³/mol. The smallest absolute Gasteiger partial charge is 0.237 e. The zero-order valence-electron chi connectivity index (χ0n) is 7.10. The molecule has 1 N–H and O–H groups in total.